The number of hydrogen-bond donors (Lipinski definition) is 3. The Morgan fingerprint density at radius 1 is 0.536 bits per heavy atom. The summed E-state index contributed by atoms with van der Waals surface area (Å²) in [6, 6.07) is 0. The van der Waals surface area contributed by atoms with Crippen LogP contribution in [-0.2, 0) is 27.9 Å². The molecule has 3 unspecified atom stereocenters. The van der Waals surface area contributed by atoms with Crippen LogP contribution >= 0.6 is 7.82 Å². The van der Waals surface area contributed by atoms with Crippen LogP contribution in [0.1, 0.15) is 219 Å². The van der Waals surface area contributed by atoms with E-state index in [9.17, 15) is 19.4 Å². The number of allylic oxidation sites excluding steroid dienone is 4. The zero-order valence-corrected chi connectivity index (χ0v) is 37.3. The first-order valence-corrected chi connectivity index (χ1v) is 24.8. The highest BCUT2D eigenvalue weighted by Crippen LogP contribution is 2.43. The summed E-state index contributed by atoms with van der Waals surface area (Å²) in [4.78, 5) is 22.6. The van der Waals surface area contributed by atoms with Gasteiger partial charge in [-0.05, 0) is 64.2 Å². The van der Waals surface area contributed by atoms with Crippen molar-refractivity contribution in [3.8, 4) is 0 Å². The lowest BCUT2D eigenvalue weighted by Crippen LogP contribution is -2.29. The number of carbonyl (C=O) groups is 1. The van der Waals surface area contributed by atoms with Crippen molar-refractivity contribution >= 4 is 13.8 Å². The minimum atomic E-state index is -4.52. The van der Waals surface area contributed by atoms with Gasteiger partial charge in [0.15, 0.2) is 0 Å². The number of rotatable bonds is 45. The Labute approximate surface area is 344 Å². The van der Waals surface area contributed by atoms with Crippen molar-refractivity contribution in [2.45, 2.75) is 232 Å². The quantitative estimate of drug-likeness (QED) is 0.0238. The fourth-order valence-corrected chi connectivity index (χ4v) is 7.31. The number of phosphoric ester groups is 1. The largest absolute Gasteiger partial charge is 0.472 e. The molecule has 0 aromatic rings. The fraction of sp³-hybridized carbons (Fsp3) is 0.891. The van der Waals surface area contributed by atoms with Crippen LogP contribution in [0.2, 0.25) is 0 Å². The monoisotopic (exact) mass is 817 g/mol. The van der Waals surface area contributed by atoms with Crippen LogP contribution in [0.15, 0.2) is 24.3 Å². The Bertz CT molecular complexity index is 928. The SMILES string of the molecule is CCCCCC/C=C\CCCCCCCCOCC(COP(=O)(O)OCC(O)CO)OC(=O)CCCCCCCCCCC/C=C\CCCCCCCCCC. The van der Waals surface area contributed by atoms with Gasteiger partial charge in [0.05, 0.1) is 26.4 Å². The van der Waals surface area contributed by atoms with Crippen molar-refractivity contribution in [1.82, 2.24) is 0 Å². The maximum Gasteiger partial charge on any atom is 0.472 e. The van der Waals surface area contributed by atoms with E-state index in [-0.39, 0.29) is 25.6 Å². The number of aliphatic hydroxyl groups is 2. The maximum absolute atomic E-state index is 12.6. The first-order chi connectivity index (χ1) is 27.3. The van der Waals surface area contributed by atoms with Gasteiger partial charge >= 0.3 is 13.8 Å². The first kappa shape index (κ1) is 54.9. The van der Waals surface area contributed by atoms with Crippen molar-refractivity contribution in [3.05, 3.63) is 24.3 Å². The number of aliphatic hydroxyl groups excluding tert-OH is 2. The summed E-state index contributed by atoms with van der Waals surface area (Å²) >= 11 is 0. The maximum atomic E-state index is 12.6. The molecule has 56 heavy (non-hydrogen) atoms. The van der Waals surface area contributed by atoms with E-state index in [1.807, 2.05) is 0 Å². The average molecular weight is 817 g/mol. The molecule has 0 aromatic carbocycles. The highest BCUT2D eigenvalue weighted by Gasteiger charge is 2.26. The normalized spacial score (nSPS) is 14.2. The molecule has 0 saturated heterocycles. The summed E-state index contributed by atoms with van der Waals surface area (Å²) in [5.74, 6) is -0.384. The Hall–Kier alpha value is -1.06. The second-order valence-corrected chi connectivity index (χ2v) is 17.2. The summed E-state index contributed by atoms with van der Waals surface area (Å²) in [5, 5.41) is 18.4. The molecule has 3 N–H and O–H groups in total. The van der Waals surface area contributed by atoms with Crippen LogP contribution in [0, 0.1) is 0 Å². The zero-order chi connectivity index (χ0) is 41.1. The minimum Gasteiger partial charge on any atom is -0.457 e. The summed E-state index contributed by atoms with van der Waals surface area (Å²) < 4.78 is 33.4. The van der Waals surface area contributed by atoms with Crippen molar-refractivity contribution in [2.75, 3.05) is 33.0 Å². The lowest BCUT2D eigenvalue weighted by Gasteiger charge is -2.20. The second kappa shape index (κ2) is 43.5. The number of ether oxygens (including phenoxy) is 2. The van der Waals surface area contributed by atoms with E-state index < -0.39 is 33.2 Å². The van der Waals surface area contributed by atoms with Crippen molar-refractivity contribution in [3.63, 3.8) is 0 Å². The molecule has 0 fully saturated rings. The summed E-state index contributed by atoms with van der Waals surface area (Å²) in [6.07, 6.45) is 45.6. The van der Waals surface area contributed by atoms with Crippen molar-refractivity contribution < 1.29 is 43.0 Å². The molecule has 332 valence electrons. The lowest BCUT2D eigenvalue weighted by atomic mass is 10.1. The summed E-state index contributed by atoms with van der Waals surface area (Å²) in [6.45, 7) is 3.52. The van der Waals surface area contributed by atoms with E-state index in [2.05, 4.69) is 38.2 Å². The van der Waals surface area contributed by atoms with E-state index in [4.69, 9.17) is 23.6 Å². The molecule has 3 atom stereocenters. The van der Waals surface area contributed by atoms with Crippen LogP contribution < -0.4 is 0 Å². The van der Waals surface area contributed by atoms with Crippen LogP contribution in [0.3, 0.4) is 0 Å². The number of carbonyl (C=O) groups excluding carboxylic acids is 1. The van der Waals surface area contributed by atoms with Gasteiger partial charge in [-0.3, -0.25) is 13.8 Å². The van der Waals surface area contributed by atoms with Crippen LogP contribution in [0.5, 0.6) is 0 Å². The average Bonchev–Trinajstić information content (AvgIpc) is 3.19. The molecular weight excluding hydrogens is 727 g/mol. The third-order valence-corrected chi connectivity index (χ3v) is 11.1. The summed E-state index contributed by atoms with van der Waals surface area (Å²) in [5.41, 5.74) is 0. The molecule has 0 bridgehead atoms. The van der Waals surface area contributed by atoms with Gasteiger partial charge in [0, 0.05) is 13.0 Å². The van der Waals surface area contributed by atoms with Gasteiger partial charge in [0.25, 0.3) is 0 Å². The van der Waals surface area contributed by atoms with E-state index in [0.717, 1.165) is 44.9 Å². The first-order valence-electron chi connectivity index (χ1n) is 23.3. The molecule has 0 radical (unpaired) electrons. The van der Waals surface area contributed by atoms with Gasteiger partial charge in [0.1, 0.15) is 12.2 Å². The molecule has 0 spiro atoms. The minimum absolute atomic E-state index is 0.0470. The molecule has 0 heterocycles. The number of phosphoric acid groups is 1. The van der Waals surface area contributed by atoms with Crippen LogP contribution in [0.4, 0.5) is 0 Å². The summed E-state index contributed by atoms with van der Waals surface area (Å²) in [7, 11) is -4.52. The molecule has 0 aliphatic rings. The predicted molar refractivity (Wildman–Crippen MR) is 233 cm³/mol. The second-order valence-electron chi connectivity index (χ2n) is 15.8. The highest BCUT2D eigenvalue weighted by atomic mass is 31.2. The molecule has 0 rings (SSSR count). The number of esters is 1. The highest BCUT2D eigenvalue weighted by molar-refractivity contribution is 7.47. The Balaban J connectivity index is 4.10. The van der Waals surface area contributed by atoms with E-state index in [1.54, 1.807) is 0 Å². The number of unbranched alkanes of at least 4 members (excludes halogenated alkanes) is 27. The fourth-order valence-electron chi connectivity index (χ4n) is 6.52. The van der Waals surface area contributed by atoms with Gasteiger partial charge in [-0.2, -0.15) is 0 Å². The van der Waals surface area contributed by atoms with E-state index in [0.29, 0.717) is 6.61 Å². The zero-order valence-electron chi connectivity index (χ0n) is 36.4. The molecule has 10 heteroatoms. The third kappa shape index (κ3) is 42.5. The molecule has 0 aliphatic heterocycles. The molecule has 0 aliphatic carbocycles. The van der Waals surface area contributed by atoms with Gasteiger partial charge < -0.3 is 24.6 Å². The van der Waals surface area contributed by atoms with Crippen LogP contribution in [0.25, 0.3) is 0 Å². The molecule has 9 nitrogen and oxygen atoms in total. The Morgan fingerprint density at radius 2 is 0.911 bits per heavy atom. The molecular formula is C46H89O9P. The molecule has 0 amide bonds. The van der Waals surface area contributed by atoms with Gasteiger partial charge in [0.2, 0.25) is 0 Å². The Kier molecular flexibility index (Phi) is 42.7. The third-order valence-electron chi connectivity index (χ3n) is 10.1. The lowest BCUT2D eigenvalue weighted by molar-refractivity contribution is -0.154. The molecule has 0 aromatic heterocycles. The Morgan fingerprint density at radius 3 is 1.36 bits per heavy atom. The van der Waals surface area contributed by atoms with Gasteiger partial charge in [-0.1, -0.05) is 173 Å². The van der Waals surface area contributed by atoms with E-state index in [1.165, 1.54) is 154 Å². The van der Waals surface area contributed by atoms with Crippen LogP contribution in [-0.4, -0.2) is 66.3 Å². The van der Waals surface area contributed by atoms with Crippen molar-refractivity contribution in [2.24, 2.45) is 0 Å². The van der Waals surface area contributed by atoms with Crippen molar-refractivity contribution in [1.29, 1.82) is 0 Å². The van der Waals surface area contributed by atoms with Gasteiger partial charge in [-0.15, -0.1) is 0 Å². The van der Waals surface area contributed by atoms with E-state index >= 15 is 0 Å². The smallest absolute Gasteiger partial charge is 0.457 e. The predicted octanol–water partition coefficient (Wildman–Crippen LogP) is 13.0. The standard InChI is InChI=1S/C46H89O9P/c1-3-5-7-9-11-13-15-17-19-20-21-22-23-24-25-26-28-30-32-34-36-38-46(49)55-45(43-54-56(50,51)53-41-44(48)40-47)42-52-39-37-35-33-31-29-27-18-16-14-12-10-8-6-4-2/h14,16,20-21,44-45,47-48H,3-13,15,17-19,22-43H2,1-2H3,(H,50,51)/b16-14-,21-20-. The molecule has 0 saturated carbocycles. The number of hydrogen-bond acceptors (Lipinski definition) is 8. The topological polar surface area (TPSA) is 132 Å². The van der Waals surface area contributed by atoms with Gasteiger partial charge in [-0.25, -0.2) is 4.57 Å².